The van der Waals surface area contributed by atoms with Gasteiger partial charge < -0.3 is 5.11 Å². The van der Waals surface area contributed by atoms with Crippen LogP contribution < -0.4 is 0 Å². The fraction of sp³-hybridized carbons (Fsp3) is 0.200. The van der Waals surface area contributed by atoms with Crippen LogP contribution in [0.1, 0.15) is 34.2 Å². The van der Waals surface area contributed by atoms with Crippen LogP contribution in [0, 0.1) is 0 Å². The maximum absolute atomic E-state index is 12.0. The van der Waals surface area contributed by atoms with Gasteiger partial charge in [-0.3, -0.25) is 4.99 Å². The van der Waals surface area contributed by atoms with E-state index >= 15 is 0 Å². The van der Waals surface area contributed by atoms with E-state index in [9.17, 15) is 9.90 Å². The second-order valence-electron chi connectivity index (χ2n) is 7.22. The Kier molecular flexibility index (Phi) is 5.34. The summed E-state index contributed by atoms with van der Waals surface area (Å²) in [4.78, 5) is 16.8. The molecule has 0 amide bonds. The van der Waals surface area contributed by atoms with Crippen LogP contribution in [-0.2, 0) is 24.1 Å². The van der Waals surface area contributed by atoms with Crippen LogP contribution in [0.4, 0.5) is 0 Å². The van der Waals surface area contributed by atoms with E-state index in [-0.39, 0.29) is 0 Å². The first-order valence-electron chi connectivity index (χ1n) is 9.73. The quantitative estimate of drug-likeness (QED) is 0.640. The van der Waals surface area contributed by atoms with Gasteiger partial charge in [0, 0.05) is 17.5 Å². The lowest BCUT2D eigenvalue weighted by Gasteiger charge is -2.14. The average Bonchev–Trinajstić information content (AvgIpc) is 3.20. The molecule has 3 aromatic rings. The zero-order chi connectivity index (χ0) is 19.3. The lowest BCUT2D eigenvalue weighted by Crippen LogP contribution is -2.23. The van der Waals surface area contributed by atoms with Crippen LogP contribution >= 0.6 is 0 Å². The van der Waals surface area contributed by atoms with Gasteiger partial charge in [-0.2, -0.15) is 0 Å². The van der Waals surface area contributed by atoms with E-state index in [2.05, 4.69) is 18.2 Å². The van der Waals surface area contributed by atoms with Crippen LogP contribution in [0.25, 0.3) is 0 Å². The molecule has 1 N–H and O–H groups in total. The van der Waals surface area contributed by atoms with Gasteiger partial charge in [-0.1, -0.05) is 78.9 Å². The molecule has 1 atom stereocenters. The van der Waals surface area contributed by atoms with E-state index < -0.39 is 12.0 Å². The summed E-state index contributed by atoms with van der Waals surface area (Å²) in [6, 6.07) is 25.1. The van der Waals surface area contributed by atoms with Gasteiger partial charge in [-0.15, -0.1) is 0 Å². The Labute approximate surface area is 165 Å². The Balaban J connectivity index is 1.70. The van der Waals surface area contributed by atoms with Crippen LogP contribution in [0.3, 0.4) is 0 Å². The van der Waals surface area contributed by atoms with Crippen molar-refractivity contribution in [3.8, 4) is 0 Å². The van der Waals surface area contributed by atoms with Crippen molar-refractivity contribution in [3.63, 3.8) is 0 Å². The molecule has 0 aliphatic heterocycles. The molecule has 0 fully saturated rings. The summed E-state index contributed by atoms with van der Waals surface area (Å²) in [5.74, 6) is -0.898. The monoisotopic (exact) mass is 369 g/mol. The van der Waals surface area contributed by atoms with Crippen molar-refractivity contribution in [3.05, 3.63) is 107 Å². The Morgan fingerprint density at radius 2 is 1.46 bits per heavy atom. The van der Waals surface area contributed by atoms with E-state index in [1.807, 2.05) is 60.7 Å². The Bertz CT molecular complexity index is 952. The second kappa shape index (κ2) is 8.22. The Morgan fingerprint density at radius 3 is 2.07 bits per heavy atom. The molecule has 0 saturated heterocycles. The normalized spacial score (nSPS) is 13.6. The van der Waals surface area contributed by atoms with Gasteiger partial charge in [0.25, 0.3) is 0 Å². The molecule has 3 heteroatoms. The highest BCUT2D eigenvalue weighted by Gasteiger charge is 2.20. The number of fused-ring (bicyclic) bond motifs is 1. The number of rotatable bonds is 6. The number of nitrogens with zero attached hydrogens (tertiary/aromatic N) is 1. The van der Waals surface area contributed by atoms with Gasteiger partial charge in [0.2, 0.25) is 0 Å². The van der Waals surface area contributed by atoms with E-state index in [4.69, 9.17) is 4.99 Å². The molecule has 28 heavy (non-hydrogen) atoms. The number of benzene rings is 3. The maximum atomic E-state index is 12.0. The zero-order valence-corrected chi connectivity index (χ0v) is 15.7. The third-order valence-electron chi connectivity index (χ3n) is 5.26. The largest absolute Gasteiger partial charge is 0.480 e. The van der Waals surface area contributed by atoms with Crippen molar-refractivity contribution < 1.29 is 9.90 Å². The number of carbonyl (C=O) groups is 1. The molecule has 3 nitrogen and oxygen atoms in total. The van der Waals surface area contributed by atoms with E-state index in [0.29, 0.717) is 6.42 Å². The van der Waals surface area contributed by atoms with Crippen LogP contribution in [0.15, 0.2) is 83.9 Å². The first kappa shape index (κ1) is 18.2. The molecule has 3 aromatic carbocycles. The molecule has 4 rings (SSSR count). The molecule has 0 radical (unpaired) electrons. The summed E-state index contributed by atoms with van der Waals surface area (Å²) in [6.07, 6.45) is 3.79. The summed E-state index contributed by atoms with van der Waals surface area (Å²) < 4.78 is 0. The molecule has 1 aliphatic rings. The molecular weight excluding hydrogens is 346 g/mol. The minimum atomic E-state index is -0.898. The maximum Gasteiger partial charge on any atom is 0.328 e. The molecule has 140 valence electrons. The first-order valence-corrected chi connectivity index (χ1v) is 9.73. The minimum Gasteiger partial charge on any atom is -0.480 e. The smallest absolute Gasteiger partial charge is 0.328 e. The second-order valence-corrected chi connectivity index (χ2v) is 7.22. The Hall–Kier alpha value is -3.20. The van der Waals surface area contributed by atoms with Gasteiger partial charge in [-0.25, -0.2) is 4.79 Å². The number of carboxylic acid groups (broad SMARTS) is 1. The molecule has 0 heterocycles. The molecular formula is C25H23NO2. The van der Waals surface area contributed by atoms with Crippen LogP contribution in [-0.4, -0.2) is 22.8 Å². The van der Waals surface area contributed by atoms with Crippen molar-refractivity contribution in [1.29, 1.82) is 0 Å². The summed E-state index contributed by atoms with van der Waals surface area (Å²) >= 11 is 0. The van der Waals surface area contributed by atoms with Gasteiger partial charge in [0.05, 0.1) is 5.71 Å². The zero-order valence-electron chi connectivity index (χ0n) is 15.7. The third kappa shape index (κ3) is 4.04. The van der Waals surface area contributed by atoms with Gasteiger partial charge in [0.15, 0.2) is 6.04 Å². The van der Waals surface area contributed by atoms with E-state index in [1.54, 1.807) is 0 Å². The van der Waals surface area contributed by atoms with Crippen LogP contribution in [0.2, 0.25) is 0 Å². The van der Waals surface area contributed by atoms with E-state index in [0.717, 1.165) is 35.2 Å². The van der Waals surface area contributed by atoms with Crippen molar-refractivity contribution in [2.75, 3.05) is 0 Å². The summed E-state index contributed by atoms with van der Waals surface area (Å²) in [5.41, 5.74) is 6.36. The first-order chi connectivity index (χ1) is 13.7. The molecule has 0 bridgehead atoms. The lowest BCUT2D eigenvalue weighted by atomic mass is 9.99. The van der Waals surface area contributed by atoms with Crippen molar-refractivity contribution in [2.24, 2.45) is 4.99 Å². The molecule has 0 saturated carbocycles. The fourth-order valence-electron chi connectivity index (χ4n) is 3.83. The topological polar surface area (TPSA) is 49.7 Å². The lowest BCUT2D eigenvalue weighted by molar-refractivity contribution is -0.138. The van der Waals surface area contributed by atoms with Gasteiger partial charge >= 0.3 is 5.97 Å². The number of aryl methyl sites for hydroxylation is 2. The molecule has 0 aromatic heterocycles. The highest BCUT2D eigenvalue weighted by Crippen LogP contribution is 2.24. The number of aliphatic imine (C=N–C) groups is 1. The van der Waals surface area contributed by atoms with Gasteiger partial charge in [-0.05, 0) is 36.0 Å². The minimum absolute atomic E-state index is 0.395. The van der Waals surface area contributed by atoms with E-state index in [1.165, 1.54) is 17.5 Å². The SMILES string of the molecule is O=C(O)C(Cc1ccc2c(c1)CCC2)N=C(c1ccccc1)c1ccccc1. The standard InChI is InChI=1S/C25H23NO2/c27-25(28)23(17-18-14-15-19-12-7-13-22(19)16-18)26-24(20-8-3-1-4-9-20)21-10-5-2-6-11-21/h1-6,8-11,14-16,23H,7,12-13,17H2,(H,27,28). The summed E-state index contributed by atoms with van der Waals surface area (Å²) in [7, 11) is 0. The average molecular weight is 369 g/mol. The Morgan fingerprint density at radius 1 is 0.857 bits per heavy atom. The van der Waals surface area contributed by atoms with Gasteiger partial charge in [0.1, 0.15) is 0 Å². The number of hydrogen-bond acceptors (Lipinski definition) is 2. The number of hydrogen-bond donors (Lipinski definition) is 1. The fourth-order valence-corrected chi connectivity index (χ4v) is 3.83. The predicted molar refractivity (Wildman–Crippen MR) is 112 cm³/mol. The van der Waals surface area contributed by atoms with Crippen LogP contribution in [0.5, 0.6) is 0 Å². The highest BCUT2D eigenvalue weighted by molar-refractivity contribution is 6.13. The third-order valence-corrected chi connectivity index (χ3v) is 5.26. The predicted octanol–water partition coefficient (Wildman–Crippen LogP) is 4.71. The summed E-state index contributed by atoms with van der Waals surface area (Å²) in [5, 5.41) is 9.86. The van der Waals surface area contributed by atoms with Crippen molar-refractivity contribution in [1.82, 2.24) is 0 Å². The molecule has 1 unspecified atom stereocenters. The highest BCUT2D eigenvalue weighted by atomic mass is 16.4. The summed E-state index contributed by atoms with van der Waals surface area (Å²) in [6.45, 7) is 0. The number of carboxylic acids is 1. The van der Waals surface area contributed by atoms with Crippen molar-refractivity contribution >= 4 is 11.7 Å². The molecule has 1 aliphatic carbocycles. The van der Waals surface area contributed by atoms with Crippen molar-refractivity contribution in [2.45, 2.75) is 31.7 Å². The molecule has 0 spiro atoms. The number of aliphatic carboxylic acids is 1.